The van der Waals surface area contributed by atoms with Gasteiger partial charge in [-0.05, 0) is 18.6 Å². The molecule has 0 aliphatic carbocycles. The molecule has 8 nitrogen and oxygen atoms in total. The number of morpholine rings is 1. The van der Waals surface area contributed by atoms with Crippen molar-refractivity contribution in [3.05, 3.63) is 23.8 Å². The third-order valence-electron chi connectivity index (χ3n) is 5.93. The molecular weight excluding hydrogens is 386 g/mol. The normalized spacial score (nSPS) is 22.0. The van der Waals surface area contributed by atoms with Crippen molar-refractivity contribution < 1.29 is 24.1 Å². The van der Waals surface area contributed by atoms with Gasteiger partial charge in [-0.1, -0.05) is 13.0 Å². The zero-order valence-corrected chi connectivity index (χ0v) is 18.4. The minimum atomic E-state index is -0.273. The van der Waals surface area contributed by atoms with E-state index in [0.717, 1.165) is 39.1 Å². The third-order valence-corrected chi connectivity index (χ3v) is 5.93. The number of aliphatic hydroxyl groups excluding tert-OH is 1. The number of hydrogen-bond acceptors (Lipinski definition) is 7. The molecule has 2 aliphatic rings. The fourth-order valence-corrected chi connectivity index (χ4v) is 4.13. The van der Waals surface area contributed by atoms with Crippen molar-refractivity contribution in [2.75, 3.05) is 73.2 Å². The van der Waals surface area contributed by atoms with E-state index in [2.05, 4.69) is 9.80 Å². The topological polar surface area (TPSA) is 74.7 Å². The van der Waals surface area contributed by atoms with E-state index in [-0.39, 0.29) is 18.1 Å². The molecule has 2 aliphatic heterocycles. The van der Waals surface area contributed by atoms with Gasteiger partial charge in [0.2, 0.25) is 0 Å². The number of benzene rings is 1. The van der Waals surface area contributed by atoms with Crippen LogP contribution in [-0.4, -0.2) is 111 Å². The molecule has 0 spiro atoms. The molecule has 0 radical (unpaired) electrons. The lowest BCUT2D eigenvalue weighted by molar-refractivity contribution is -0.0565. The van der Waals surface area contributed by atoms with Gasteiger partial charge in [-0.3, -0.25) is 14.6 Å². The maximum Gasteiger partial charge on any atom is 0.261 e. The van der Waals surface area contributed by atoms with Gasteiger partial charge in [0.15, 0.2) is 0 Å². The van der Waals surface area contributed by atoms with E-state index in [4.69, 9.17) is 14.2 Å². The van der Waals surface area contributed by atoms with Crippen LogP contribution in [0, 0.1) is 0 Å². The molecule has 2 saturated heterocycles. The molecule has 2 atom stereocenters. The minimum absolute atomic E-state index is 0.0578. The van der Waals surface area contributed by atoms with Crippen LogP contribution in [-0.2, 0) is 4.74 Å². The van der Waals surface area contributed by atoms with Crippen LogP contribution in [0.1, 0.15) is 23.7 Å². The van der Waals surface area contributed by atoms with Crippen LogP contribution < -0.4 is 9.47 Å². The lowest BCUT2D eigenvalue weighted by Crippen LogP contribution is -2.54. The van der Waals surface area contributed by atoms with E-state index < -0.39 is 0 Å². The maximum absolute atomic E-state index is 13.1. The number of methoxy groups -OCH3 is 2. The largest absolute Gasteiger partial charge is 0.496 e. The molecule has 1 N–H and O–H groups in total. The molecule has 2 fully saturated rings. The summed E-state index contributed by atoms with van der Waals surface area (Å²) in [7, 11) is 3.13. The van der Waals surface area contributed by atoms with Gasteiger partial charge in [0.1, 0.15) is 17.1 Å². The number of ether oxygens (including phenoxy) is 3. The first-order chi connectivity index (χ1) is 14.5. The number of amides is 1. The summed E-state index contributed by atoms with van der Waals surface area (Å²) in [6.07, 6.45) is 0.638. The van der Waals surface area contributed by atoms with E-state index >= 15 is 0 Å². The predicted octanol–water partition coefficient (Wildman–Crippen LogP) is 0.933. The summed E-state index contributed by atoms with van der Waals surface area (Å²) in [6.45, 7) is 8.90. The summed E-state index contributed by atoms with van der Waals surface area (Å²) < 4.78 is 16.7. The number of rotatable bonds is 8. The molecule has 2 heterocycles. The first-order valence-electron chi connectivity index (χ1n) is 10.8. The van der Waals surface area contributed by atoms with Gasteiger partial charge in [-0.2, -0.15) is 0 Å². The Bertz CT molecular complexity index is 671. The number of carbonyl (C=O) groups excluding carboxylic acids is 1. The number of aliphatic hydroxyl groups is 1. The summed E-state index contributed by atoms with van der Waals surface area (Å²) in [6, 6.07) is 5.39. The van der Waals surface area contributed by atoms with Gasteiger partial charge in [0, 0.05) is 52.4 Å². The zero-order valence-electron chi connectivity index (χ0n) is 18.4. The van der Waals surface area contributed by atoms with Gasteiger partial charge in [0.05, 0.1) is 33.0 Å². The standard InChI is InChI=1S/C22H35N3O5/c1-4-17(26)14-24-12-13-30-18(16-24)15-23-8-10-25(11-9-23)22(27)21-19(28-2)6-5-7-20(21)29-3/h5-7,17-18,26H,4,8-16H2,1-3H3/t17-,18-/m1/s1. The Morgan fingerprint density at radius 3 is 2.40 bits per heavy atom. The molecule has 168 valence electrons. The summed E-state index contributed by atoms with van der Waals surface area (Å²) >= 11 is 0. The van der Waals surface area contributed by atoms with Crippen LogP contribution in [0.4, 0.5) is 0 Å². The molecule has 3 rings (SSSR count). The van der Waals surface area contributed by atoms with Crippen LogP contribution >= 0.6 is 0 Å². The van der Waals surface area contributed by atoms with Crippen LogP contribution in [0.25, 0.3) is 0 Å². The highest BCUT2D eigenvalue weighted by atomic mass is 16.5. The van der Waals surface area contributed by atoms with Crippen molar-refractivity contribution in [3.63, 3.8) is 0 Å². The maximum atomic E-state index is 13.1. The molecule has 30 heavy (non-hydrogen) atoms. The number of hydrogen-bond donors (Lipinski definition) is 1. The number of carbonyl (C=O) groups is 1. The Labute approximate surface area is 179 Å². The lowest BCUT2D eigenvalue weighted by Gasteiger charge is -2.39. The van der Waals surface area contributed by atoms with Crippen molar-refractivity contribution in [2.45, 2.75) is 25.6 Å². The second-order valence-corrected chi connectivity index (χ2v) is 7.94. The van der Waals surface area contributed by atoms with Crippen molar-refractivity contribution in [1.29, 1.82) is 0 Å². The van der Waals surface area contributed by atoms with Gasteiger partial charge >= 0.3 is 0 Å². The summed E-state index contributed by atoms with van der Waals surface area (Å²) in [5.74, 6) is 1.01. The first-order valence-corrected chi connectivity index (χ1v) is 10.8. The van der Waals surface area contributed by atoms with Crippen LogP contribution in [0.15, 0.2) is 18.2 Å². The van der Waals surface area contributed by atoms with E-state index in [0.29, 0.717) is 43.3 Å². The molecule has 1 aromatic rings. The quantitative estimate of drug-likeness (QED) is 0.669. The number of piperazine rings is 1. The number of nitrogens with zero attached hydrogens (tertiary/aromatic N) is 3. The molecule has 0 bridgehead atoms. The first kappa shape index (κ1) is 22.8. The Kier molecular flexibility index (Phi) is 8.32. The van der Waals surface area contributed by atoms with Crippen molar-refractivity contribution in [1.82, 2.24) is 14.7 Å². The summed E-state index contributed by atoms with van der Waals surface area (Å²) in [5.41, 5.74) is 0.483. The second-order valence-electron chi connectivity index (χ2n) is 7.94. The van der Waals surface area contributed by atoms with Crippen molar-refractivity contribution >= 4 is 5.91 Å². The Morgan fingerprint density at radius 2 is 1.80 bits per heavy atom. The average molecular weight is 422 g/mol. The molecule has 0 unspecified atom stereocenters. The average Bonchev–Trinajstić information content (AvgIpc) is 2.78. The third kappa shape index (κ3) is 5.63. The van der Waals surface area contributed by atoms with Gasteiger partial charge in [-0.15, -0.1) is 0 Å². The lowest BCUT2D eigenvalue weighted by atomic mass is 10.1. The monoisotopic (exact) mass is 421 g/mol. The molecule has 0 aromatic heterocycles. The molecule has 1 aromatic carbocycles. The predicted molar refractivity (Wildman–Crippen MR) is 114 cm³/mol. The summed E-state index contributed by atoms with van der Waals surface area (Å²) in [5, 5.41) is 9.92. The fourth-order valence-electron chi connectivity index (χ4n) is 4.13. The van der Waals surface area contributed by atoms with Crippen molar-refractivity contribution in [2.24, 2.45) is 0 Å². The SMILES string of the molecule is CC[C@@H](O)CN1CCO[C@H](CN2CCN(C(=O)c3c(OC)cccc3OC)CC2)C1. The molecule has 0 saturated carbocycles. The minimum Gasteiger partial charge on any atom is -0.496 e. The summed E-state index contributed by atoms with van der Waals surface area (Å²) in [4.78, 5) is 19.6. The van der Waals surface area contributed by atoms with Crippen LogP contribution in [0.3, 0.4) is 0 Å². The Balaban J connectivity index is 1.52. The highest BCUT2D eigenvalue weighted by molar-refractivity contribution is 5.99. The number of β-amino-alcohol motifs (C(OH)–C–C–N with tert-alkyl or cyclic N) is 1. The van der Waals surface area contributed by atoms with Crippen molar-refractivity contribution in [3.8, 4) is 11.5 Å². The van der Waals surface area contributed by atoms with Gasteiger partial charge in [-0.25, -0.2) is 0 Å². The zero-order chi connectivity index (χ0) is 21.5. The van der Waals surface area contributed by atoms with E-state index in [1.807, 2.05) is 17.9 Å². The Hall–Kier alpha value is -1.87. The van der Waals surface area contributed by atoms with E-state index in [9.17, 15) is 9.90 Å². The van der Waals surface area contributed by atoms with E-state index in [1.54, 1.807) is 26.4 Å². The van der Waals surface area contributed by atoms with Crippen LogP contribution in [0.2, 0.25) is 0 Å². The Morgan fingerprint density at radius 1 is 1.13 bits per heavy atom. The molecule has 8 heteroatoms. The van der Waals surface area contributed by atoms with Gasteiger partial charge < -0.3 is 24.2 Å². The van der Waals surface area contributed by atoms with E-state index in [1.165, 1.54) is 0 Å². The smallest absolute Gasteiger partial charge is 0.261 e. The second kappa shape index (κ2) is 10.9. The molecule has 1 amide bonds. The van der Waals surface area contributed by atoms with Gasteiger partial charge in [0.25, 0.3) is 5.91 Å². The molecular formula is C22H35N3O5. The fraction of sp³-hybridized carbons (Fsp3) is 0.682. The highest BCUT2D eigenvalue weighted by Gasteiger charge is 2.29. The highest BCUT2D eigenvalue weighted by Crippen LogP contribution is 2.29. The van der Waals surface area contributed by atoms with Crippen LogP contribution in [0.5, 0.6) is 11.5 Å².